The van der Waals surface area contributed by atoms with Gasteiger partial charge in [-0.15, -0.1) is 0 Å². The summed E-state index contributed by atoms with van der Waals surface area (Å²) in [7, 11) is 3.40. The summed E-state index contributed by atoms with van der Waals surface area (Å²) in [5.41, 5.74) is 0.408. The molecule has 0 spiro atoms. The summed E-state index contributed by atoms with van der Waals surface area (Å²) < 4.78 is 8.69. The standard InChI is InChI=1S/C24H31N7O4/c1-24(35-3)10-9-18(24)28-22(33)14-13-26-31-20(25-2)12-19(29-21(14)31)27-15-6-5-11-30(23(15)34)16-7-4-8-17(16)32/h5-6,11-13,16-18,25,32H,4,7-10H2,1-3H3,(H,27,29)(H,28,33)/t16-,17+,18?,24-/m0/s1. The van der Waals surface area contributed by atoms with Gasteiger partial charge in [0, 0.05) is 26.4 Å². The second kappa shape index (κ2) is 8.97. The predicted octanol–water partition coefficient (Wildman–Crippen LogP) is 2.06. The molecule has 186 valence electrons. The van der Waals surface area contributed by atoms with Gasteiger partial charge in [-0.2, -0.15) is 9.61 Å². The van der Waals surface area contributed by atoms with Crippen LogP contribution >= 0.6 is 0 Å². The number of carbonyl (C=O) groups is 1. The quantitative estimate of drug-likeness (QED) is 0.403. The number of hydrogen-bond donors (Lipinski definition) is 4. The van der Waals surface area contributed by atoms with E-state index in [9.17, 15) is 14.7 Å². The van der Waals surface area contributed by atoms with Gasteiger partial charge in [0.2, 0.25) is 0 Å². The number of pyridine rings is 1. The molecule has 5 rings (SSSR count). The maximum Gasteiger partial charge on any atom is 0.274 e. The highest BCUT2D eigenvalue weighted by Gasteiger charge is 2.44. The molecule has 0 radical (unpaired) electrons. The van der Waals surface area contributed by atoms with Crippen LogP contribution in [-0.2, 0) is 4.74 Å². The lowest BCUT2D eigenvalue weighted by atomic mass is 9.76. The van der Waals surface area contributed by atoms with Gasteiger partial charge >= 0.3 is 0 Å². The molecule has 2 aliphatic rings. The molecule has 11 nitrogen and oxygen atoms in total. The van der Waals surface area contributed by atoms with Crippen molar-refractivity contribution >= 4 is 28.9 Å². The Hall–Kier alpha value is -3.44. The SMILES string of the molecule is CNc1cc(Nc2cccn([C@H]3CCC[C@H]3O)c2=O)nc2c(C(=O)NC3CC[C@]3(C)OC)cnn12. The van der Waals surface area contributed by atoms with Gasteiger partial charge in [-0.1, -0.05) is 0 Å². The van der Waals surface area contributed by atoms with E-state index in [0.717, 1.165) is 25.7 Å². The van der Waals surface area contributed by atoms with E-state index in [0.29, 0.717) is 35.0 Å². The summed E-state index contributed by atoms with van der Waals surface area (Å²) in [4.78, 5) is 30.9. The first kappa shape index (κ1) is 23.3. The van der Waals surface area contributed by atoms with Crippen molar-refractivity contribution in [3.63, 3.8) is 0 Å². The fourth-order valence-electron chi connectivity index (χ4n) is 5.02. The van der Waals surface area contributed by atoms with Gasteiger partial charge in [0.1, 0.15) is 22.9 Å². The first-order chi connectivity index (χ1) is 16.8. The topological polar surface area (TPSA) is 135 Å². The number of aromatic nitrogens is 4. The van der Waals surface area contributed by atoms with Crippen LogP contribution in [0.15, 0.2) is 35.4 Å². The average Bonchev–Trinajstić information content (AvgIpc) is 3.48. The van der Waals surface area contributed by atoms with E-state index in [1.165, 1.54) is 6.20 Å². The molecule has 0 saturated heterocycles. The zero-order valence-corrected chi connectivity index (χ0v) is 20.1. The van der Waals surface area contributed by atoms with Crippen molar-refractivity contribution in [2.75, 3.05) is 24.8 Å². The van der Waals surface area contributed by atoms with Gasteiger partial charge in [0.15, 0.2) is 5.65 Å². The van der Waals surface area contributed by atoms with Crippen LogP contribution in [0.1, 0.15) is 55.4 Å². The fourth-order valence-corrected chi connectivity index (χ4v) is 5.02. The Morgan fingerprint density at radius 3 is 2.80 bits per heavy atom. The summed E-state index contributed by atoms with van der Waals surface area (Å²) in [6.07, 6.45) is 6.72. The summed E-state index contributed by atoms with van der Waals surface area (Å²) in [6.45, 7) is 1.98. The minimum absolute atomic E-state index is 0.0891. The number of nitrogens with one attached hydrogen (secondary N) is 3. The minimum atomic E-state index is -0.531. The van der Waals surface area contributed by atoms with Gasteiger partial charge in [-0.3, -0.25) is 9.59 Å². The molecule has 0 bridgehead atoms. The van der Waals surface area contributed by atoms with Crippen LogP contribution < -0.4 is 21.5 Å². The zero-order valence-electron chi connectivity index (χ0n) is 20.1. The third-order valence-electron chi connectivity index (χ3n) is 7.45. The first-order valence-electron chi connectivity index (χ1n) is 11.9. The van der Waals surface area contributed by atoms with Crippen LogP contribution in [0.25, 0.3) is 5.65 Å². The van der Waals surface area contributed by atoms with Crippen molar-refractivity contribution in [3.8, 4) is 0 Å². The van der Waals surface area contributed by atoms with E-state index in [4.69, 9.17) is 4.74 Å². The van der Waals surface area contributed by atoms with Crippen molar-refractivity contribution in [1.29, 1.82) is 0 Å². The average molecular weight is 482 g/mol. The monoisotopic (exact) mass is 481 g/mol. The highest BCUT2D eigenvalue weighted by molar-refractivity contribution is 6.00. The number of aliphatic hydroxyl groups excluding tert-OH is 1. The lowest BCUT2D eigenvalue weighted by Crippen LogP contribution is -2.59. The lowest BCUT2D eigenvalue weighted by Gasteiger charge is -2.45. The molecule has 3 aromatic rings. The number of fused-ring (bicyclic) bond motifs is 1. The van der Waals surface area contributed by atoms with Gasteiger partial charge in [-0.25, -0.2) is 4.98 Å². The minimum Gasteiger partial charge on any atom is -0.391 e. The van der Waals surface area contributed by atoms with Gasteiger partial charge in [-0.05, 0) is 51.2 Å². The van der Waals surface area contributed by atoms with Crippen LogP contribution in [-0.4, -0.2) is 62.1 Å². The molecule has 2 aliphatic carbocycles. The highest BCUT2D eigenvalue weighted by atomic mass is 16.5. The smallest absolute Gasteiger partial charge is 0.274 e. The molecule has 35 heavy (non-hydrogen) atoms. The molecular formula is C24H31N7O4. The molecule has 0 aromatic carbocycles. The molecule has 4 N–H and O–H groups in total. The summed E-state index contributed by atoms with van der Waals surface area (Å²) in [6, 6.07) is 4.85. The molecule has 1 amide bonds. The zero-order chi connectivity index (χ0) is 24.7. The van der Waals surface area contributed by atoms with E-state index >= 15 is 0 Å². The van der Waals surface area contributed by atoms with Crippen molar-refractivity contribution in [1.82, 2.24) is 24.5 Å². The Morgan fingerprint density at radius 2 is 2.14 bits per heavy atom. The maximum atomic E-state index is 13.2. The van der Waals surface area contributed by atoms with E-state index in [1.54, 1.807) is 47.6 Å². The van der Waals surface area contributed by atoms with Crippen molar-refractivity contribution in [2.24, 2.45) is 0 Å². The van der Waals surface area contributed by atoms with Crippen LogP contribution in [0.5, 0.6) is 0 Å². The Bertz CT molecular complexity index is 1310. The number of aliphatic hydroxyl groups is 1. The Morgan fingerprint density at radius 1 is 1.31 bits per heavy atom. The number of rotatable bonds is 7. The van der Waals surface area contributed by atoms with Crippen LogP contribution in [0.4, 0.5) is 17.3 Å². The highest BCUT2D eigenvalue weighted by Crippen LogP contribution is 2.35. The molecule has 3 heterocycles. The number of nitrogens with zero attached hydrogens (tertiary/aromatic N) is 4. The van der Waals surface area contributed by atoms with Gasteiger partial charge in [0.05, 0.1) is 30.0 Å². The Labute approximate surface area is 202 Å². The molecule has 1 unspecified atom stereocenters. The number of ether oxygens (including phenoxy) is 1. The van der Waals surface area contributed by atoms with Gasteiger partial charge in [0.25, 0.3) is 11.5 Å². The molecule has 4 atom stereocenters. The maximum absolute atomic E-state index is 13.2. The van der Waals surface area contributed by atoms with Crippen molar-refractivity contribution < 1.29 is 14.6 Å². The summed E-state index contributed by atoms with van der Waals surface area (Å²) in [5, 5.41) is 23.8. The van der Waals surface area contributed by atoms with Crippen LogP contribution in [0.3, 0.4) is 0 Å². The number of carbonyl (C=O) groups excluding carboxylic acids is 1. The van der Waals surface area contributed by atoms with Crippen LogP contribution in [0, 0.1) is 0 Å². The largest absolute Gasteiger partial charge is 0.391 e. The third-order valence-corrected chi connectivity index (χ3v) is 7.45. The summed E-state index contributed by atoms with van der Waals surface area (Å²) in [5.74, 6) is 0.713. The van der Waals surface area contributed by atoms with E-state index in [2.05, 4.69) is 26.0 Å². The van der Waals surface area contributed by atoms with Crippen molar-refractivity contribution in [3.05, 3.63) is 46.5 Å². The Kier molecular flexibility index (Phi) is 5.97. The van der Waals surface area contributed by atoms with E-state index in [-0.39, 0.29) is 29.2 Å². The molecule has 11 heteroatoms. The second-order valence-electron chi connectivity index (χ2n) is 9.48. The van der Waals surface area contributed by atoms with E-state index < -0.39 is 6.10 Å². The molecule has 2 saturated carbocycles. The molecular weight excluding hydrogens is 450 g/mol. The fraction of sp³-hybridized carbons (Fsp3) is 0.500. The Balaban J connectivity index is 1.46. The van der Waals surface area contributed by atoms with Crippen LogP contribution in [0.2, 0.25) is 0 Å². The molecule has 3 aromatic heterocycles. The number of methoxy groups -OCH3 is 1. The predicted molar refractivity (Wildman–Crippen MR) is 131 cm³/mol. The number of hydrogen-bond acceptors (Lipinski definition) is 8. The lowest BCUT2D eigenvalue weighted by molar-refractivity contribution is -0.0828. The normalized spacial score (nSPS) is 25.9. The third kappa shape index (κ3) is 4.04. The second-order valence-corrected chi connectivity index (χ2v) is 9.48. The number of anilines is 3. The molecule has 0 aliphatic heterocycles. The number of amides is 1. The summed E-state index contributed by atoms with van der Waals surface area (Å²) >= 11 is 0. The first-order valence-corrected chi connectivity index (χ1v) is 11.9. The van der Waals surface area contributed by atoms with E-state index in [1.807, 2.05) is 6.92 Å². The van der Waals surface area contributed by atoms with Gasteiger partial charge < -0.3 is 30.4 Å². The molecule has 2 fully saturated rings. The van der Waals surface area contributed by atoms with Crippen molar-refractivity contribution in [2.45, 2.75) is 62.8 Å².